The zero-order valence-electron chi connectivity index (χ0n) is 14.4. The molecule has 0 aliphatic rings. The molecule has 0 radical (unpaired) electrons. The van der Waals surface area contributed by atoms with Crippen molar-refractivity contribution >= 4 is 28.5 Å². The minimum Gasteiger partial charge on any atom is -0.497 e. The molecule has 3 aromatic rings. The fourth-order valence-electron chi connectivity index (χ4n) is 2.72. The number of aromatic nitrogens is 2. The van der Waals surface area contributed by atoms with Crippen LogP contribution in [0.4, 0.5) is 0 Å². The Bertz CT molecular complexity index is 1010. The fraction of sp³-hybridized carbons (Fsp3) is 0.211. The number of carbonyl (C=O) groups excluding carboxylic acids is 1. The Morgan fingerprint density at radius 3 is 2.62 bits per heavy atom. The molecule has 0 atom stereocenters. The van der Waals surface area contributed by atoms with Crippen molar-refractivity contribution in [2.75, 3.05) is 13.7 Å². The molecule has 2 heterocycles. The van der Waals surface area contributed by atoms with E-state index in [1.54, 1.807) is 24.7 Å². The number of carbonyl (C=O) groups is 1. The third kappa shape index (κ3) is 3.41. The van der Waals surface area contributed by atoms with Gasteiger partial charge >= 0.3 is 5.97 Å². The Morgan fingerprint density at radius 2 is 1.96 bits per heavy atom. The quantitative estimate of drug-likeness (QED) is 0.507. The molecule has 2 aromatic heterocycles. The summed E-state index contributed by atoms with van der Waals surface area (Å²) in [5, 5.41) is 0.521. The van der Waals surface area contributed by atoms with Gasteiger partial charge in [-0.1, -0.05) is 23.7 Å². The first-order valence-electron chi connectivity index (χ1n) is 8.02. The van der Waals surface area contributed by atoms with E-state index in [4.69, 9.17) is 21.1 Å². The van der Waals surface area contributed by atoms with Gasteiger partial charge in [-0.05, 0) is 30.7 Å². The van der Waals surface area contributed by atoms with Crippen LogP contribution in [0.15, 0.2) is 47.5 Å². The first-order chi connectivity index (χ1) is 12.5. The van der Waals surface area contributed by atoms with E-state index in [1.165, 1.54) is 12.4 Å². The van der Waals surface area contributed by atoms with Crippen LogP contribution in [0.25, 0.3) is 10.9 Å². The van der Waals surface area contributed by atoms with Crippen LogP contribution in [0.2, 0.25) is 5.15 Å². The number of hydrogen-bond donors (Lipinski definition) is 0. The largest absolute Gasteiger partial charge is 0.497 e. The normalized spacial score (nSPS) is 10.7. The maximum Gasteiger partial charge on any atom is 0.343 e. The molecule has 26 heavy (non-hydrogen) atoms. The summed E-state index contributed by atoms with van der Waals surface area (Å²) in [5.74, 6) is 0.0845. The van der Waals surface area contributed by atoms with E-state index in [-0.39, 0.29) is 17.3 Å². The van der Waals surface area contributed by atoms with Crippen molar-refractivity contribution in [2.45, 2.75) is 13.5 Å². The summed E-state index contributed by atoms with van der Waals surface area (Å²) in [6.45, 7) is 2.28. The molecule has 0 saturated heterocycles. The summed E-state index contributed by atoms with van der Waals surface area (Å²) < 4.78 is 11.9. The Morgan fingerprint density at radius 1 is 1.23 bits per heavy atom. The molecule has 0 aliphatic carbocycles. The molecule has 6 nitrogen and oxygen atoms in total. The molecule has 0 bridgehead atoms. The molecule has 3 rings (SSSR count). The van der Waals surface area contributed by atoms with E-state index in [0.29, 0.717) is 17.4 Å². The number of hydrogen-bond acceptors (Lipinski definition) is 5. The van der Waals surface area contributed by atoms with E-state index in [1.807, 2.05) is 24.3 Å². The van der Waals surface area contributed by atoms with Gasteiger partial charge in [0.05, 0.1) is 24.6 Å². The van der Waals surface area contributed by atoms with Gasteiger partial charge in [-0.3, -0.25) is 4.79 Å². The minimum atomic E-state index is -0.657. The molecule has 1 aromatic carbocycles. The highest BCUT2D eigenvalue weighted by Crippen LogP contribution is 2.21. The second-order valence-corrected chi connectivity index (χ2v) is 5.92. The summed E-state index contributed by atoms with van der Waals surface area (Å²) in [6, 6.07) is 9.03. The highest BCUT2D eigenvalue weighted by atomic mass is 35.5. The number of rotatable bonds is 5. The lowest BCUT2D eigenvalue weighted by Crippen LogP contribution is -2.21. The molecule has 0 spiro atoms. The van der Waals surface area contributed by atoms with Gasteiger partial charge in [0.2, 0.25) is 5.43 Å². The molecular weight excluding hydrogens is 356 g/mol. The standard InChI is InChI=1S/C19H17ClN2O4/c1-3-26-19(24)15-11-22(10-12-4-6-13(25-2)7-5-12)16-14(17(15)23)8-9-21-18(16)20/h4-9,11H,3,10H2,1-2H3. The molecule has 0 unspecified atom stereocenters. The molecule has 0 amide bonds. The summed E-state index contributed by atoms with van der Waals surface area (Å²) in [4.78, 5) is 28.9. The van der Waals surface area contributed by atoms with E-state index < -0.39 is 11.4 Å². The number of nitrogens with zero attached hydrogens (tertiary/aromatic N) is 2. The number of benzene rings is 1. The second kappa shape index (κ2) is 7.58. The topological polar surface area (TPSA) is 70.4 Å². The van der Waals surface area contributed by atoms with Gasteiger partial charge in [0.25, 0.3) is 0 Å². The van der Waals surface area contributed by atoms with Gasteiger partial charge in [-0.25, -0.2) is 9.78 Å². The summed E-state index contributed by atoms with van der Waals surface area (Å²) in [5.41, 5.74) is 0.970. The third-order valence-corrected chi connectivity index (χ3v) is 4.22. The number of methoxy groups -OCH3 is 1. The predicted molar refractivity (Wildman–Crippen MR) is 99.1 cm³/mol. The monoisotopic (exact) mass is 372 g/mol. The molecule has 0 aliphatic heterocycles. The van der Waals surface area contributed by atoms with E-state index in [0.717, 1.165) is 11.3 Å². The van der Waals surface area contributed by atoms with Gasteiger partial charge < -0.3 is 14.0 Å². The average molecular weight is 373 g/mol. The molecule has 0 saturated carbocycles. The Labute approximate surface area is 154 Å². The highest BCUT2D eigenvalue weighted by molar-refractivity contribution is 6.33. The van der Waals surface area contributed by atoms with Crippen LogP contribution in [0, 0.1) is 0 Å². The van der Waals surface area contributed by atoms with Crippen molar-refractivity contribution in [3.05, 3.63) is 69.2 Å². The van der Waals surface area contributed by atoms with E-state index in [2.05, 4.69) is 4.98 Å². The molecule has 0 fully saturated rings. The number of pyridine rings is 2. The van der Waals surface area contributed by atoms with E-state index in [9.17, 15) is 9.59 Å². The lowest BCUT2D eigenvalue weighted by Gasteiger charge is -2.14. The first kappa shape index (κ1) is 17.9. The minimum absolute atomic E-state index is 0.0323. The number of ether oxygens (including phenoxy) is 2. The van der Waals surface area contributed by atoms with Crippen LogP contribution in [0.3, 0.4) is 0 Å². The zero-order valence-corrected chi connectivity index (χ0v) is 15.1. The van der Waals surface area contributed by atoms with Crippen LogP contribution in [-0.2, 0) is 11.3 Å². The van der Waals surface area contributed by atoms with Crippen LogP contribution < -0.4 is 10.2 Å². The Hall–Kier alpha value is -2.86. The molecular formula is C19H17ClN2O4. The maximum absolute atomic E-state index is 12.7. The van der Waals surface area contributed by atoms with Gasteiger partial charge in [0.1, 0.15) is 11.3 Å². The van der Waals surface area contributed by atoms with Crippen molar-refractivity contribution < 1.29 is 14.3 Å². The summed E-state index contributed by atoms with van der Waals surface area (Å²) >= 11 is 6.23. The third-order valence-electron chi connectivity index (χ3n) is 3.95. The van der Waals surface area contributed by atoms with Gasteiger partial charge in [-0.15, -0.1) is 0 Å². The van der Waals surface area contributed by atoms with Gasteiger partial charge in [-0.2, -0.15) is 0 Å². The van der Waals surface area contributed by atoms with Crippen LogP contribution in [-0.4, -0.2) is 29.2 Å². The smallest absolute Gasteiger partial charge is 0.343 e. The van der Waals surface area contributed by atoms with Crippen molar-refractivity contribution in [2.24, 2.45) is 0 Å². The van der Waals surface area contributed by atoms with Crippen molar-refractivity contribution in [1.29, 1.82) is 0 Å². The first-order valence-corrected chi connectivity index (χ1v) is 8.40. The molecule has 0 N–H and O–H groups in total. The number of halogens is 1. The van der Waals surface area contributed by atoms with E-state index >= 15 is 0 Å². The van der Waals surface area contributed by atoms with Gasteiger partial charge in [0.15, 0.2) is 5.15 Å². The molecule has 134 valence electrons. The lowest BCUT2D eigenvalue weighted by molar-refractivity contribution is 0.0524. The number of esters is 1. The average Bonchev–Trinajstić information content (AvgIpc) is 2.65. The van der Waals surface area contributed by atoms with Crippen LogP contribution in [0.5, 0.6) is 5.75 Å². The van der Waals surface area contributed by atoms with Gasteiger partial charge in [0, 0.05) is 18.9 Å². The Balaban J connectivity index is 2.16. The Kier molecular flexibility index (Phi) is 5.23. The lowest BCUT2D eigenvalue weighted by atomic mass is 10.1. The van der Waals surface area contributed by atoms with Crippen LogP contribution in [0.1, 0.15) is 22.8 Å². The zero-order chi connectivity index (χ0) is 18.7. The fourth-order valence-corrected chi connectivity index (χ4v) is 2.98. The van der Waals surface area contributed by atoms with Crippen molar-refractivity contribution in [3.63, 3.8) is 0 Å². The van der Waals surface area contributed by atoms with Crippen LogP contribution >= 0.6 is 11.6 Å². The predicted octanol–water partition coefficient (Wildman–Crippen LogP) is 3.28. The summed E-state index contributed by atoms with van der Waals surface area (Å²) in [6.07, 6.45) is 2.92. The number of fused-ring (bicyclic) bond motifs is 1. The SMILES string of the molecule is CCOC(=O)c1cn(Cc2ccc(OC)cc2)c2c(Cl)nccc2c1=O. The highest BCUT2D eigenvalue weighted by Gasteiger charge is 2.18. The van der Waals surface area contributed by atoms with Crippen molar-refractivity contribution in [3.8, 4) is 5.75 Å². The molecule has 7 heteroatoms. The summed E-state index contributed by atoms with van der Waals surface area (Å²) in [7, 11) is 1.60. The maximum atomic E-state index is 12.7. The second-order valence-electron chi connectivity index (χ2n) is 5.57. The van der Waals surface area contributed by atoms with Crippen molar-refractivity contribution in [1.82, 2.24) is 9.55 Å².